The summed E-state index contributed by atoms with van der Waals surface area (Å²) in [5, 5.41) is 9.94. The highest BCUT2D eigenvalue weighted by molar-refractivity contribution is 5.95. The van der Waals surface area contributed by atoms with Crippen LogP contribution in [0.25, 0.3) is 0 Å². The van der Waals surface area contributed by atoms with Crippen LogP contribution in [0, 0.1) is 0 Å². The summed E-state index contributed by atoms with van der Waals surface area (Å²) in [5.74, 6) is 0.392. The minimum Gasteiger partial charge on any atom is -0.508 e. The Bertz CT molecular complexity index is 670. The summed E-state index contributed by atoms with van der Waals surface area (Å²) in [5.41, 5.74) is 3.62. The number of phenols is 1. The number of allylic oxidation sites excluding steroid dienone is 1. The molecule has 1 N–H and O–H groups in total. The first kappa shape index (κ1) is 17.1. The van der Waals surface area contributed by atoms with Crippen LogP contribution in [0.1, 0.15) is 49.0 Å². The zero-order valence-corrected chi connectivity index (χ0v) is 14.2. The van der Waals surface area contributed by atoms with Gasteiger partial charge in [-0.3, -0.25) is 4.79 Å². The Hall–Kier alpha value is -2.29. The molecule has 3 nitrogen and oxygen atoms in total. The van der Waals surface area contributed by atoms with Gasteiger partial charge in [0.05, 0.1) is 0 Å². The molecule has 1 aliphatic heterocycles. The monoisotopic (exact) mass is 311 g/mol. The van der Waals surface area contributed by atoms with E-state index in [-0.39, 0.29) is 23.6 Å². The van der Waals surface area contributed by atoms with Crippen molar-refractivity contribution in [2.75, 3.05) is 6.54 Å². The van der Waals surface area contributed by atoms with E-state index in [1.54, 1.807) is 24.3 Å². The highest BCUT2D eigenvalue weighted by atomic mass is 16.3. The highest BCUT2D eigenvalue weighted by Gasteiger charge is 2.27. The third kappa shape index (κ3) is 3.39. The van der Waals surface area contributed by atoms with Gasteiger partial charge in [-0.05, 0) is 54.2 Å². The normalized spacial score (nSPS) is 18.3. The quantitative estimate of drug-likeness (QED) is 0.894. The number of carbonyl (C=O) groups excluding carboxylic acids is 1. The molecule has 122 valence electrons. The van der Waals surface area contributed by atoms with Gasteiger partial charge in [-0.2, -0.15) is 0 Å². The van der Waals surface area contributed by atoms with Crippen LogP contribution in [0.4, 0.5) is 0 Å². The van der Waals surface area contributed by atoms with Crippen LogP contribution < -0.4 is 0 Å². The van der Waals surface area contributed by atoms with Crippen molar-refractivity contribution in [3.05, 3.63) is 65.8 Å². The molecule has 1 heterocycles. The van der Waals surface area contributed by atoms with Gasteiger partial charge in [-0.25, -0.2) is 0 Å². The van der Waals surface area contributed by atoms with Crippen LogP contribution >= 0.6 is 0 Å². The number of amides is 1. The number of aromatic hydroxyl groups is 1. The largest absolute Gasteiger partial charge is 0.508 e. The van der Waals surface area contributed by atoms with E-state index in [1.165, 1.54) is 0 Å². The first-order chi connectivity index (χ1) is 10.9. The molecule has 1 amide bonds. The molecule has 0 saturated carbocycles. The van der Waals surface area contributed by atoms with Crippen molar-refractivity contribution in [2.24, 2.45) is 0 Å². The van der Waals surface area contributed by atoms with Gasteiger partial charge >= 0.3 is 0 Å². The van der Waals surface area contributed by atoms with Gasteiger partial charge in [0, 0.05) is 18.2 Å². The number of phenolic OH excluding ortho intramolecular Hbond substituents is 1. The fourth-order valence-corrected chi connectivity index (χ4v) is 3.00. The Morgan fingerprint density at radius 2 is 1.96 bits per heavy atom. The predicted octanol–water partition coefficient (Wildman–Crippen LogP) is 4.42. The zero-order valence-electron chi connectivity index (χ0n) is 14.2. The SMILES string of the molecule is C=CC1=C(C=C)CN(C(=O)c2ccc(O)c(C(C)C)c2)C(C)C1. The number of carbonyl (C=O) groups is 1. The lowest BCUT2D eigenvalue weighted by atomic mass is 9.93. The molecule has 1 aliphatic rings. The maximum atomic E-state index is 12.9. The van der Waals surface area contributed by atoms with E-state index < -0.39 is 0 Å². The Morgan fingerprint density at radius 1 is 1.30 bits per heavy atom. The summed E-state index contributed by atoms with van der Waals surface area (Å²) in [7, 11) is 0. The topological polar surface area (TPSA) is 40.5 Å². The second-order valence-electron chi connectivity index (χ2n) is 6.37. The third-order valence-corrected chi connectivity index (χ3v) is 4.45. The molecule has 0 saturated heterocycles. The minimum atomic E-state index is -0.0122. The second-order valence-corrected chi connectivity index (χ2v) is 6.37. The van der Waals surface area contributed by atoms with Crippen molar-refractivity contribution in [3.8, 4) is 5.75 Å². The van der Waals surface area contributed by atoms with Gasteiger partial charge in [-0.1, -0.05) is 39.2 Å². The summed E-state index contributed by atoms with van der Waals surface area (Å²) in [6, 6.07) is 5.21. The van der Waals surface area contributed by atoms with E-state index in [1.807, 2.05) is 31.7 Å². The summed E-state index contributed by atoms with van der Waals surface area (Å²) in [4.78, 5) is 14.8. The molecular weight excluding hydrogens is 286 g/mol. The van der Waals surface area contributed by atoms with E-state index in [0.717, 1.165) is 23.1 Å². The first-order valence-electron chi connectivity index (χ1n) is 7.99. The van der Waals surface area contributed by atoms with Crippen LogP contribution in [0.3, 0.4) is 0 Å². The van der Waals surface area contributed by atoms with Crippen molar-refractivity contribution < 1.29 is 9.90 Å². The molecule has 0 aliphatic carbocycles. The Labute approximate surface area is 138 Å². The summed E-state index contributed by atoms with van der Waals surface area (Å²) < 4.78 is 0. The second kappa shape index (κ2) is 6.86. The Morgan fingerprint density at radius 3 is 2.52 bits per heavy atom. The average Bonchev–Trinajstić information content (AvgIpc) is 2.54. The van der Waals surface area contributed by atoms with E-state index in [2.05, 4.69) is 13.2 Å². The summed E-state index contributed by atoms with van der Waals surface area (Å²) >= 11 is 0. The first-order valence-corrected chi connectivity index (χ1v) is 7.99. The third-order valence-electron chi connectivity index (χ3n) is 4.45. The number of hydrogen-bond donors (Lipinski definition) is 1. The van der Waals surface area contributed by atoms with E-state index in [4.69, 9.17) is 0 Å². The van der Waals surface area contributed by atoms with Gasteiger partial charge in [0.1, 0.15) is 5.75 Å². The number of nitrogens with zero attached hydrogens (tertiary/aromatic N) is 1. The molecule has 1 aromatic rings. The molecule has 2 rings (SSSR count). The van der Waals surface area contributed by atoms with Crippen molar-refractivity contribution in [1.82, 2.24) is 4.90 Å². The van der Waals surface area contributed by atoms with Crippen LogP contribution in [0.15, 0.2) is 54.7 Å². The van der Waals surface area contributed by atoms with Gasteiger partial charge in [0.25, 0.3) is 5.91 Å². The molecule has 1 aromatic carbocycles. The molecule has 1 atom stereocenters. The van der Waals surface area contributed by atoms with Crippen molar-refractivity contribution >= 4 is 5.91 Å². The molecule has 0 bridgehead atoms. The number of hydrogen-bond acceptors (Lipinski definition) is 2. The highest BCUT2D eigenvalue weighted by Crippen LogP contribution is 2.29. The molecule has 0 aromatic heterocycles. The lowest BCUT2D eigenvalue weighted by molar-refractivity contribution is 0.0701. The zero-order chi connectivity index (χ0) is 17.1. The maximum absolute atomic E-state index is 12.9. The molecule has 1 unspecified atom stereocenters. The van der Waals surface area contributed by atoms with E-state index >= 15 is 0 Å². The summed E-state index contributed by atoms with van der Waals surface area (Å²) in [6.45, 7) is 14.3. The molecule has 23 heavy (non-hydrogen) atoms. The van der Waals surface area contributed by atoms with Gasteiger partial charge < -0.3 is 10.0 Å². The Balaban J connectivity index is 2.34. The van der Waals surface area contributed by atoms with Crippen LogP contribution in [0.5, 0.6) is 5.75 Å². The molecule has 0 radical (unpaired) electrons. The maximum Gasteiger partial charge on any atom is 0.254 e. The fraction of sp³-hybridized carbons (Fsp3) is 0.350. The standard InChI is InChI=1S/C20H25NO2/c1-6-15-10-14(5)21(12-16(15)7-2)20(23)17-8-9-19(22)18(11-17)13(3)4/h6-9,11,13-14,22H,1-2,10,12H2,3-5H3. The van der Waals surface area contributed by atoms with Crippen LogP contribution in [-0.2, 0) is 0 Å². The minimum absolute atomic E-state index is 0.0122. The van der Waals surface area contributed by atoms with Gasteiger partial charge in [0.15, 0.2) is 0 Å². The lowest BCUT2D eigenvalue weighted by Gasteiger charge is -2.35. The number of benzene rings is 1. The van der Waals surface area contributed by atoms with Gasteiger partial charge in [-0.15, -0.1) is 0 Å². The van der Waals surface area contributed by atoms with Gasteiger partial charge in [0.2, 0.25) is 0 Å². The smallest absolute Gasteiger partial charge is 0.254 e. The molecule has 0 spiro atoms. The summed E-state index contributed by atoms with van der Waals surface area (Å²) in [6.07, 6.45) is 4.44. The van der Waals surface area contributed by atoms with Crippen molar-refractivity contribution in [1.29, 1.82) is 0 Å². The molecular formula is C20H25NO2. The average molecular weight is 311 g/mol. The lowest BCUT2D eigenvalue weighted by Crippen LogP contribution is -2.42. The van der Waals surface area contributed by atoms with Crippen LogP contribution in [-0.4, -0.2) is 28.5 Å². The van der Waals surface area contributed by atoms with Crippen molar-refractivity contribution in [2.45, 2.75) is 39.2 Å². The predicted molar refractivity (Wildman–Crippen MR) is 94.7 cm³/mol. The molecule has 3 heteroatoms. The van der Waals surface area contributed by atoms with Crippen LogP contribution in [0.2, 0.25) is 0 Å². The number of rotatable bonds is 4. The fourth-order valence-electron chi connectivity index (χ4n) is 3.00. The Kier molecular flexibility index (Phi) is 5.09. The van der Waals surface area contributed by atoms with E-state index in [0.29, 0.717) is 12.1 Å². The van der Waals surface area contributed by atoms with Crippen molar-refractivity contribution in [3.63, 3.8) is 0 Å². The molecule has 0 fully saturated rings. The van der Waals surface area contributed by atoms with E-state index in [9.17, 15) is 9.90 Å².